The molecule has 2 atom stereocenters. The maximum Gasteiger partial charge on any atom is 0.573 e. The lowest BCUT2D eigenvalue weighted by atomic mass is 10.1. The van der Waals surface area contributed by atoms with Crippen LogP contribution in [-0.4, -0.2) is 63.3 Å². The number of phenols is 1. The fraction of sp³-hybridized carbons (Fsp3) is 0.368. The van der Waals surface area contributed by atoms with Crippen LogP contribution in [0.15, 0.2) is 36.5 Å². The summed E-state index contributed by atoms with van der Waals surface area (Å²) < 4.78 is 56.5. The van der Waals surface area contributed by atoms with Crippen LogP contribution in [0.1, 0.15) is 6.42 Å². The number of alkyl halides is 4. The monoisotopic (exact) mass is 425 g/mol. The van der Waals surface area contributed by atoms with Crippen LogP contribution < -0.4 is 10.1 Å². The number of aromatic nitrogens is 3. The zero-order valence-corrected chi connectivity index (χ0v) is 15.9. The van der Waals surface area contributed by atoms with Crippen molar-refractivity contribution in [1.82, 2.24) is 19.5 Å². The Morgan fingerprint density at radius 3 is 2.70 bits per heavy atom. The third-order valence-electron chi connectivity index (χ3n) is 4.84. The molecule has 1 aliphatic rings. The molecule has 160 valence electrons. The third-order valence-corrected chi connectivity index (χ3v) is 4.84. The molecule has 0 amide bonds. The quantitative estimate of drug-likeness (QED) is 0.624. The smallest absolute Gasteiger partial charge is 0.507 e. The SMILES string of the molecule is CN1C[C@H](F)C[C@@H](Nc2nnc(-c3ccc(OC(F)(F)F)cc3O)c3cccn23)C1. The van der Waals surface area contributed by atoms with Gasteiger partial charge in [0.1, 0.15) is 23.4 Å². The number of hydrogen-bond acceptors (Lipinski definition) is 6. The van der Waals surface area contributed by atoms with Gasteiger partial charge >= 0.3 is 6.36 Å². The molecule has 1 fully saturated rings. The van der Waals surface area contributed by atoms with E-state index >= 15 is 0 Å². The molecule has 4 rings (SSSR count). The number of nitrogens with one attached hydrogen (secondary N) is 1. The number of fused-ring (bicyclic) bond motifs is 1. The van der Waals surface area contributed by atoms with Crippen molar-refractivity contribution in [3.63, 3.8) is 0 Å². The van der Waals surface area contributed by atoms with Crippen LogP contribution in [0.25, 0.3) is 16.8 Å². The summed E-state index contributed by atoms with van der Waals surface area (Å²) >= 11 is 0. The lowest BCUT2D eigenvalue weighted by Gasteiger charge is -2.32. The molecule has 3 aromatic rings. The first-order valence-electron chi connectivity index (χ1n) is 9.21. The molecule has 0 spiro atoms. The van der Waals surface area contributed by atoms with Gasteiger partial charge in [0.25, 0.3) is 0 Å². The van der Waals surface area contributed by atoms with Gasteiger partial charge in [-0.25, -0.2) is 4.39 Å². The van der Waals surface area contributed by atoms with Crippen molar-refractivity contribution in [3.05, 3.63) is 36.5 Å². The number of aromatic hydroxyl groups is 1. The van der Waals surface area contributed by atoms with Gasteiger partial charge in [0.2, 0.25) is 5.95 Å². The van der Waals surface area contributed by atoms with E-state index in [0.29, 0.717) is 31.0 Å². The minimum atomic E-state index is -4.86. The number of likely N-dealkylation sites (N-methyl/N-ethyl adjacent to an activating group) is 1. The summed E-state index contributed by atoms with van der Waals surface area (Å²) in [7, 11) is 1.84. The maximum atomic E-state index is 13.9. The molecule has 0 aliphatic carbocycles. The van der Waals surface area contributed by atoms with E-state index in [9.17, 15) is 22.7 Å². The van der Waals surface area contributed by atoms with Gasteiger partial charge in [-0.15, -0.1) is 23.4 Å². The highest BCUT2D eigenvalue weighted by Gasteiger charge is 2.31. The summed E-state index contributed by atoms with van der Waals surface area (Å²) in [6.45, 7) is 1.03. The summed E-state index contributed by atoms with van der Waals surface area (Å²) in [4.78, 5) is 1.89. The first kappa shape index (κ1) is 20.2. The molecule has 2 aromatic heterocycles. The number of likely N-dealkylation sites (tertiary alicyclic amines) is 1. The second kappa shape index (κ2) is 7.63. The predicted molar refractivity (Wildman–Crippen MR) is 101 cm³/mol. The lowest BCUT2D eigenvalue weighted by molar-refractivity contribution is -0.274. The number of hydrogen-bond donors (Lipinski definition) is 2. The number of halogens is 4. The highest BCUT2D eigenvalue weighted by atomic mass is 19.4. The van der Waals surface area contributed by atoms with E-state index in [1.54, 1.807) is 22.7 Å². The van der Waals surface area contributed by atoms with E-state index in [4.69, 9.17) is 0 Å². The Hall–Kier alpha value is -3.08. The Bertz CT molecular complexity index is 1050. The van der Waals surface area contributed by atoms with Crippen LogP contribution in [0.4, 0.5) is 23.5 Å². The molecule has 0 bridgehead atoms. The molecule has 11 heteroatoms. The van der Waals surface area contributed by atoms with Crippen molar-refractivity contribution in [2.24, 2.45) is 0 Å². The number of piperidine rings is 1. The van der Waals surface area contributed by atoms with E-state index in [1.807, 2.05) is 11.9 Å². The Morgan fingerprint density at radius 2 is 2.00 bits per heavy atom. The fourth-order valence-electron chi connectivity index (χ4n) is 3.69. The van der Waals surface area contributed by atoms with Gasteiger partial charge in [-0.3, -0.25) is 4.40 Å². The van der Waals surface area contributed by atoms with Gasteiger partial charge in [0.05, 0.1) is 5.52 Å². The zero-order valence-electron chi connectivity index (χ0n) is 15.9. The minimum Gasteiger partial charge on any atom is -0.507 e. The number of ether oxygens (including phenoxy) is 1. The van der Waals surface area contributed by atoms with Gasteiger partial charge in [-0.2, -0.15) is 0 Å². The van der Waals surface area contributed by atoms with E-state index in [2.05, 4.69) is 20.3 Å². The predicted octanol–water partition coefficient (Wildman–Crippen LogP) is 3.45. The summed E-state index contributed by atoms with van der Waals surface area (Å²) in [6.07, 6.45) is -3.73. The van der Waals surface area contributed by atoms with Crippen molar-refractivity contribution in [2.75, 3.05) is 25.5 Å². The molecular weight excluding hydrogens is 406 g/mol. The minimum absolute atomic E-state index is 0.156. The van der Waals surface area contributed by atoms with Crippen molar-refractivity contribution in [1.29, 1.82) is 0 Å². The number of benzene rings is 1. The standard InChI is InChI=1S/C19H19F4N5O2/c1-27-9-11(20)7-12(10-27)24-18-26-25-17(15-3-2-6-28(15)18)14-5-4-13(8-16(14)29)30-19(21,22)23/h2-6,8,11-12,29H,7,9-10H2,1H3,(H,24,26)/t11-,12-/m1/s1. The van der Waals surface area contributed by atoms with Gasteiger partial charge in [-0.1, -0.05) is 0 Å². The Kier molecular flexibility index (Phi) is 5.14. The van der Waals surface area contributed by atoms with Crippen LogP contribution in [-0.2, 0) is 0 Å². The first-order valence-corrected chi connectivity index (χ1v) is 9.21. The summed E-state index contributed by atoms with van der Waals surface area (Å²) in [5.41, 5.74) is 1.06. The van der Waals surface area contributed by atoms with E-state index < -0.39 is 24.0 Å². The second-order valence-corrected chi connectivity index (χ2v) is 7.26. The maximum absolute atomic E-state index is 13.9. The van der Waals surface area contributed by atoms with E-state index in [-0.39, 0.29) is 17.3 Å². The van der Waals surface area contributed by atoms with Gasteiger partial charge < -0.3 is 20.1 Å². The molecule has 0 radical (unpaired) electrons. The van der Waals surface area contributed by atoms with Crippen molar-refractivity contribution in [3.8, 4) is 22.8 Å². The average molecular weight is 425 g/mol. The molecule has 1 saturated heterocycles. The van der Waals surface area contributed by atoms with Crippen LogP contribution in [0.5, 0.6) is 11.5 Å². The van der Waals surface area contributed by atoms with Crippen LogP contribution in [0, 0.1) is 0 Å². The summed E-state index contributed by atoms with van der Waals surface area (Å²) in [6, 6.07) is 6.57. The van der Waals surface area contributed by atoms with E-state index in [0.717, 1.165) is 12.1 Å². The number of nitrogens with zero attached hydrogens (tertiary/aromatic N) is 4. The lowest BCUT2D eigenvalue weighted by Crippen LogP contribution is -2.45. The molecule has 0 unspecified atom stereocenters. The number of phenolic OH excluding ortho intramolecular Hbond substituents is 1. The zero-order chi connectivity index (χ0) is 21.5. The molecule has 0 saturated carbocycles. The van der Waals surface area contributed by atoms with Crippen molar-refractivity contribution in [2.45, 2.75) is 25.0 Å². The highest BCUT2D eigenvalue weighted by Crippen LogP contribution is 2.35. The van der Waals surface area contributed by atoms with Crippen molar-refractivity contribution < 1.29 is 27.4 Å². The average Bonchev–Trinajstić information content (AvgIpc) is 3.11. The summed E-state index contributed by atoms with van der Waals surface area (Å²) in [5.74, 6) is -0.560. The second-order valence-electron chi connectivity index (χ2n) is 7.26. The molecule has 1 aromatic carbocycles. The fourth-order valence-corrected chi connectivity index (χ4v) is 3.69. The Balaban J connectivity index is 1.64. The Labute approximate surface area is 168 Å². The highest BCUT2D eigenvalue weighted by molar-refractivity contribution is 5.81. The number of anilines is 1. The third kappa shape index (κ3) is 4.25. The molecule has 3 heterocycles. The largest absolute Gasteiger partial charge is 0.573 e. The van der Waals surface area contributed by atoms with Crippen LogP contribution in [0.3, 0.4) is 0 Å². The van der Waals surface area contributed by atoms with Gasteiger partial charge in [0, 0.05) is 43.4 Å². The summed E-state index contributed by atoms with van der Waals surface area (Å²) in [5, 5.41) is 21.8. The Morgan fingerprint density at radius 1 is 1.20 bits per heavy atom. The molecule has 2 N–H and O–H groups in total. The van der Waals surface area contributed by atoms with Crippen LogP contribution in [0.2, 0.25) is 0 Å². The van der Waals surface area contributed by atoms with E-state index in [1.165, 1.54) is 6.07 Å². The topological polar surface area (TPSA) is 74.9 Å². The first-order chi connectivity index (χ1) is 14.2. The molecular formula is C19H19F4N5O2. The molecule has 1 aliphatic heterocycles. The normalized spacial score (nSPS) is 20.4. The number of rotatable bonds is 4. The van der Waals surface area contributed by atoms with Crippen LogP contribution >= 0.6 is 0 Å². The van der Waals surface area contributed by atoms with Gasteiger partial charge in [-0.05, 0) is 31.3 Å². The molecule has 30 heavy (non-hydrogen) atoms. The molecule has 7 nitrogen and oxygen atoms in total. The van der Waals surface area contributed by atoms with Crippen molar-refractivity contribution >= 4 is 11.5 Å². The van der Waals surface area contributed by atoms with Gasteiger partial charge in [0.15, 0.2) is 0 Å².